The lowest BCUT2D eigenvalue weighted by atomic mass is 10.1. The first kappa shape index (κ1) is 20.4. The molecular formula is C22H25N3O4S. The van der Waals surface area contributed by atoms with Crippen LogP contribution in [-0.2, 0) is 19.6 Å². The van der Waals surface area contributed by atoms with Gasteiger partial charge in [0.2, 0.25) is 11.8 Å². The fraction of sp³-hybridized carbons (Fsp3) is 0.364. The zero-order chi connectivity index (χ0) is 21.6. The van der Waals surface area contributed by atoms with Gasteiger partial charge in [0.1, 0.15) is 6.04 Å². The summed E-state index contributed by atoms with van der Waals surface area (Å²) in [5, 5.41) is 5.60. The van der Waals surface area contributed by atoms with Crippen LogP contribution in [0.2, 0.25) is 0 Å². The van der Waals surface area contributed by atoms with E-state index in [4.69, 9.17) is 0 Å². The van der Waals surface area contributed by atoms with Crippen molar-refractivity contribution in [2.45, 2.75) is 57.0 Å². The number of carbonyl (C=O) groups excluding carboxylic acids is 2. The number of rotatable bonds is 5. The van der Waals surface area contributed by atoms with E-state index in [2.05, 4.69) is 10.6 Å². The average molecular weight is 428 g/mol. The zero-order valence-corrected chi connectivity index (χ0v) is 18.0. The number of amides is 2. The van der Waals surface area contributed by atoms with E-state index in [1.165, 1.54) is 0 Å². The third-order valence-corrected chi connectivity index (χ3v) is 7.56. The summed E-state index contributed by atoms with van der Waals surface area (Å²) in [4.78, 5) is 25.6. The van der Waals surface area contributed by atoms with E-state index in [0.29, 0.717) is 22.5 Å². The van der Waals surface area contributed by atoms with Crippen molar-refractivity contribution in [2.24, 2.45) is 0 Å². The molecule has 1 unspecified atom stereocenters. The summed E-state index contributed by atoms with van der Waals surface area (Å²) in [7, 11) is -4.10. The Bertz CT molecular complexity index is 1120. The SMILES string of the molecule is Cc1cc(C)c(S(=O)(=O)N2c3ccccc3NC(=O)C2CC(=O)NC2CC2)c(C)c1. The normalized spacial score (nSPS) is 18.6. The molecule has 1 atom stereocenters. The maximum absolute atomic E-state index is 13.9. The van der Waals surface area contributed by atoms with Gasteiger partial charge in [0.05, 0.1) is 22.7 Å². The Kier molecular flexibility index (Phi) is 5.05. The molecule has 2 amide bonds. The molecule has 2 N–H and O–H groups in total. The number of hydrogen-bond donors (Lipinski definition) is 2. The number of sulfonamides is 1. The summed E-state index contributed by atoms with van der Waals surface area (Å²) < 4.78 is 28.9. The molecule has 1 fully saturated rings. The van der Waals surface area contributed by atoms with Gasteiger partial charge in [-0.2, -0.15) is 0 Å². The molecular weight excluding hydrogens is 402 g/mol. The lowest BCUT2D eigenvalue weighted by molar-refractivity contribution is -0.125. The van der Waals surface area contributed by atoms with Crippen LogP contribution in [0.1, 0.15) is 36.0 Å². The van der Waals surface area contributed by atoms with Crippen molar-refractivity contribution in [3.63, 3.8) is 0 Å². The second kappa shape index (κ2) is 7.43. The van der Waals surface area contributed by atoms with Gasteiger partial charge in [0.25, 0.3) is 10.0 Å². The lowest BCUT2D eigenvalue weighted by Crippen LogP contribution is -2.53. The van der Waals surface area contributed by atoms with Crippen LogP contribution in [-0.4, -0.2) is 32.3 Å². The van der Waals surface area contributed by atoms with E-state index < -0.39 is 22.0 Å². The lowest BCUT2D eigenvalue weighted by Gasteiger charge is -2.37. The highest BCUT2D eigenvalue weighted by atomic mass is 32.2. The molecule has 8 heteroatoms. The standard InChI is InChI=1S/C22H25N3O4S/c1-13-10-14(2)21(15(3)11-13)30(28,29)25-18-7-5-4-6-17(18)24-22(27)19(25)12-20(26)23-16-8-9-16/h4-7,10-11,16,19H,8-9,12H2,1-3H3,(H,23,26)(H,24,27). The monoisotopic (exact) mass is 427 g/mol. The summed E-state index contributed by atoms with van der Waals surface area (Å²) >= 11 is 0. The summed E-state index contributed by atoms with van der Waals surface area (Å²) in [5.41, 5.74) is 2.95. The van der Waals surface area contributed by atoms with Gasteiger partial charge >= 0.3 is 0 Å². The zero-order valence-electron chi connectivity index (χ0n) is 17.2. The number of nitrogens with zero attached hydrogens (tertiary/aromatic N) is 1. The Morgan fingerprint density at radius 1 is 1.13 bits per heavy atom. The molecule has 1 heterocycles. The number of fused-ring (bicyclic) bond motifs is 1. The maximum Gasteiger partial charge on any atom is 0.265 e. The number of carbonyl (C=O) groups is 2. The topological polar surface area (TPSA) is 95.6 Å². The van der Waals surface area contributed by atoms with E-state index in [0.717, 1.165) is 22.7 Å². The molecule has 0 bridgehead atoms. The predicted molar refractivity (Wildman–Crippen MR) is 115 cm³/mol. The van der Waals surface area contributed by atoms with Crippen LogP contribution in [0.25, 0.3) is 0 Å². The van der Waals surface area contributed by atoms with Crippen LogP contribution >= 0.6 is 0 Å². The molecule has 1 aliphatic carbocycles. The van der Waals surface area contributed by atoms with Gasteiger partial charge in [-0.3, -0.25) is 13.9 Å². The van der Waals surface area contributed by atoms with Gasteiger partial charge in [-0.1, -0.05) is 29.8 Å². The summed E-state index contributed by atoms with van der Waals surface area (Å²) in [6, 6.07) is 9.34. The van der Waals surface area contributed by atoms with E-state index >= 15 is 0 Å². The Morgan fingerprint density at radius 2 is 1.77 bits per heavy atom. The largest absolute Gasteiger partial charge is 0.353 e. The van der Waals surface area contributed by atoms with Crippen molar-refractivity contribution in [3.8, 4) is 0 Å². The number of para-hydroxylation sites is 2. The predicted octanol–water partition coefficient (Wildman–Crippen LogP) is 2.80. The van der Waals surface area contributed by atoms with Gasteiger partial charge in [-0.15, -0.1) is 0 Å². The van der Waals surface area contributed by atoms with Crippen molar-refractivity contribution in [1.82, 2.24) is 5.32 Å². The Balaban J connectivity index is 1.83. The fourth-order valence-corrected chi connectivity index (χ4v) is 6.15. The minimum atomic E-state index is -4.10. The molecule has 1 saturated carbocycles. The number of aryl methyl sites for hydroxylation is 3. The number of hydrogen-bond acceptors (Lipinski definition) is 4. The van der Waals surface area contributed by atoms with Crippen molar-refractivity contribution in [1.29, 1.82) is 0 Å². The van der Waals surface area contributed by atoms with E-state index in [1.54, 1.807) is 38.1 Å². The smallest absolute Gasteiger partial charge is 0.265 e. The van der Waals surface area contributed by atoms with Crippen molar-refractivity contribution in [3.05, 3.63) is 53.1 Å². The second-order valence-corrected chi connectivity index (χ2v) is 9.85. The van der Waals surface area contributed by atoms with Crippen molar-refractivity contribution >= 4 is 33.2 Å². The number of benzene rings is 2. The van der Waals surface area contributed by atoms with Gasteiger partial charge in [0.15, 0.2) is 0 Å². The highest BCUT2D eigenvalue weighted by Gasteiger charge is 2.43. The van der Waals surface area contributed by atoms with Gasteiger partial charge in [0, 0.05) is 6.04 Å². The molecule has 2 aliphatic rings. The minimum Gasteiger partial charge on any atom is -0.353 e. The van der Waals surface area contributed by atoms with Gasteiger partial charge < -0.3 is 10.6 Å². The molecule has 2 aromatic carbocycles. The van der Waals surface area contributed by atoms with Crippen LogP contribution in [0.3, 0.4) is 0 Å². The Morgan fingerprint density at radius 3 is 2.40 bits per heavy atom. The Labute approximate surface area is 176 Å². The number of anilines is 2. The number of nitrogens with one attached hydrogen (secondary N) is 2. The van der Waals surface area contributed by atoms with Crippen molar-refractivity contribution < 1.29 is 18.0 Å². The minimum absolute atomic E-state index is 0.128. The summed E-state index contributed by atoms with van der Waals surface area (Å²) in [6.07, 6.45) is 1.59. The molecule has 7 nitrogen and oxygen atoms in total. The first-order valence-corrected chi connectivity index (χ1v) is 11.4. The van der Waals surface area contributed by atoms with Crippen LogP contribution < -0.4 is 14.9 Å². The highest BCUT2D eigenvalue weighted by Crippen LogP contribution is 2.38. The van der Waals surface area contributed by atoms with Gasteiger partial charge in [-0.25, -0.2) is 8.42 Å². The summed E-state index contributed by atoms with van der Waals surface area (Å²) in [5.74, 6) is -0.833. The van der Waals surface area contributed by atoms with Crippen LogP contribution in [0, 0.1) is 20.8 Å². The molecule has 2 aromatic rings. The van der Waals surface area contributed by atoms with Crippen LogP contribution in [0.5, 0.6) is 0 Å². The average Bonchev–Trinajstić information content (AvgIpc) is 3.44. The fourth-order valence-electron chi connectivity index (χ4n) is 4.10. The molecule has 0 spiro atoms. The third kappa shape index (κ3) is 3.67. The molecule has 1 aliphatic heterocycles. The molecule has 0 aromatic heterocycles. The van der Waals surface area contributed by atoms with Crippen LogP contribution in [0.4, 0.5) is 11.4 Å². The Hall–Kier alpha value is -2.87. The molecule has 4 rings (SSSR count). The van der Waals surface area contributed by atoms with E-state index in [-0.39, 0.29) is 23.3 Å². The van der Waals surface area contributed by atoms with Crippen LogP contribution in [0.15, 0.2) is 41.3 Å². The van der Waals surface area contributed by atoms with E-state index in [1.807, 2.05) is 19.1 Å². The second-order valence-electron chi connectivity index (χ2n) is 8.10. The van der Waals surface area contributed by atoms with E-state index in [9.17, 15) is 18.0 Å². The summed E-state index contributed by atoms with van der Waals surface area (Å²) in [6.45, 7) is 5.40. The first-order chi connectivity index (χ1) is 14.2. The molecule has 0 saturated heterocycles. The molecule has 30 heavy (non-hydrogen) atoms. The maximum atomic E-state index is 13.9. The third-order valence-electron chi connectivity index (χ3n) is 5.43. The molecule has 0 radical (unpaired) electrons. The first-order valence-electron chi connectivity index (χ1n) is 10.00. The van der Waals surface area contributed by atoms with Gasteiger partial charge in [-0.05, 0) is 56.9 Å². The highest BCUT2D eigenvalue weighted by molar-refractivity contribution is 7.93. The van der Waals surface area contributed by atoms with Crippen molar-refractivity contribution in [2.75, 3.05) is 9.62 Å². The quantitative estimate of drug-likeness (QED) is 0.767. The molecule has 158 valence electrons.